The van der Waals surface area contributed by atoms with E-state index in [0.717, 1.165) is 44.1 Å². The van der Waals surface area contributed by atoms with Crippen LogP contribution >= 0.6 is 0 Å². The van der Waals surface area contributed by atoms with E-state index in [0.29, 0.717) is 0 Å². The van der Waals surface area contributed by atoms with E-state index < -0.39 is 0 Å². The van der Waals surface area contributed by atoms with Gasteiger partial charge in [0.1, 0.15) is 5.82 Å². The second-order valence-electron chi connectivity index (χ2n) is 8.37. The molecule has 1 fully saturated rings. The lowest BCUT2D eigenvalue weighted by molar-refractivity contribution is 0.402. The van der Waals surface area contributed by atoms with Crippen LogP contribution in [-0.2, 0) is 19.6 Å². The first-order valence-corrected chi connectivity index (χ1v) is 10.8. The van der Waals surface area contributed by atoms with Gasteiger partial charge in [0.15, 0.2) is 0 Å². The van der Waals surface area contributed by atoms with Crippen LogP contribution in [0.4, 0.5) is 5.82 Å². The van der Waals surface area contributed by atoms with Crippen molar-refractivity contribution in [1.29, 1.82) is 0 Å². The van der Waals surface area contributed by atoms with Crippen LogP contribution in [0.1, 0.15) is 36.0 Å². The van der Waals surface area contributed by atoms with Gasteiger partial charge in [-0.05, 0) is 56.6 Å². The minimum Gasteiger partial charge on any atom is -0.356 e. The van der Waals surface area contributed by atoms with Crippen molar-refractivity contribution in [2.24, 2.45) is 0 Å². The smallest absolute Gasteiger partial charge is 0.133 e. The van der Waals surface area contributed by atoms with Gasteiger partial charge < -0.3 is 15.1 Å². The molecule has 2 aromatic carbocycles. The van der Waals surface area contributed by atoms with Crippen LogP contribution in [0.5, 0.6) is 0 Å². The molecule has 0 spiro atoms. The Morgan fingerprint density at radius 2 is 1.69 bits per heavy atom. The van der Waals surface area contributed by atoms with Gasteiger partial charge in [0.25, 0.3) is 0 Å². The summed E-state index contributed by atoms with van der Waals surface area (Å²) >= 11 is 0. The zero-order chi connectivity index (χ0) is 20.1. The lowest BCUT2D eigenvalue weighted by atomic mass is 10.1. The first-order chi connectivity index (χ1) is 14.2. The van der Waals surface area contributed by atoms with Crippen molar-refractivity contribution in [3.8, 4) is 0 Å². The van der Waals surface area contributed by atoms with E-state index in [4.69, 9.17) is 4.98 Å². The number of piperidine rings is 1. The summed E-state index contributed by atoms with van der Waals surface area (Å²) in [4.78, 5) is 9.74. The van der Waals surface area contributed by atoms with Crippen LogP contribution in [0.2, 0.25) is 0 Å². The van der Waals surface area contributed by atoms with Gasteiger partial charge in [-0.1, -0.05) is 42.5 Å². The summed E-state index contributed by atoms with van der Waals surface area (Å²) in [5.74, 6) is 1.16. The lowest BCUT2D eigenvalue weighted by Gasteiger charge is -2.30. The topological polar surface area (TPSA) is 31.4 Å². The lowest BCUT2D eigenvalue weighted by Crippen LogP contribution is -2.31. The molecule has 29 heavy (non-hydrogen) atoms. The number of rotatable bonds is 7. The number of nitrogens with one attached hydrogen (secondary N) is 1. The van der Waals surface area contributed by atoms with Crippen molar-refractivity contribution < 1.29 is 0 Å². The zero-order valence-electron chi connectivity index (χ0n) is 17.7. The van der Waals surface area contributed by atoms with E-state index in [1.807, 2.05) is 0 Å². The third kappa shape index (κ3) is 5.14. The van der Waals surface area contributed by atoms with Crippen molar-refractivity contribution in [1.82, 2.24) is 15.2 Å². The van der Waals surface area contributed by atoms with E-state index in [2.05, 4.69) is 83.8 Å². The van der Waals surface area contributed by atoms with Crippen molar-refractivity contribution in [3.63, 3.8) is 0 Å². The minimum absolute atomic E-state index is 0.835. The number of pyridine rings is 1. The Labute approximate surface area is 174 Å². The average Bonchev–Trinajstić information content (AvgIpc) is 2.74. The quantitative estimate of drug-likeness (QED) is 0.642. The highest BCUT2D eigenvalue weighted by Crippen LogP contribution is 2.26. The number of para-hydroxylation sites is 1. The molecule has 1 saturated heterocycles. The fourth-order valence-electron chi connectivity index (χ4n) is 4.20. The number of fused-ring (bicyclic) bond motifs is 1. The first kappa shape index (κ1) is 19.9. The monoisotopic (exact) mass is 388 g/mol. The Bertz CT molecular complexity index is 944. The Balaban J connectivity index is 1.50. The highest BCUT2D eigenvalue weighted by molar-refractivity contribution is 5.81. The van der Waals surface area contributed by atoms with Gasteiger partial charge in [0.2, 0.25) is 0 Å². The molecular weight excluding hydrogens is 356 g/mol. The molecule has 1 aliphatic heterocycles. The molecule has 4 heteroatoms. The van der Waals surface area contributed by atoms with Crippen LogP contribution < -0.4 is 10.2 Å². The summed E-state index contributed by atoms with van der Waals surface area (Å²) in [5.41, 5.74) is 5.08. The predicted octanol–water partition coefficient (Wildman–Crippen LogP) is 4.58. The maximum atomic E-state index is 5.05. The third-order valence-electron chi connectivity index (χ3n) is 5.57. The molecule has 0 atom stereocenters. The molecule has 4 rings (SSSR count). The van der Waals surface area contributed by atoms with Gasteiger partial charge in [-0.15, -0.1) is 0 Å². The fraction of sp³-hybridized carbons (Fsp3) is 0.400. The summed E-state index contributed by atoms with van der Waals surface area (Å²) in [7, 11) is 4.22. The molecule has 0 saturated carbocycles. The van der Waals surface area contributed by atoms with Crippen LogP contribution in [-0.4, -0.2) is 37.1 Å². The molecule has 2 heterocycles. The number of nitrogens with zero attached hydrogens (tertiary/aromatic N) is 3. The molecule has 1 N–H and O–H groups in total. The second kappa shape index (κ2) is 9.38. The largest absolute Gasteiger partial charge is 0.356 e. The zero-order valence-corrected chi connectivity index (χ0v) is 17.7. The SMILES string of the molecule is CN(C)Cc1cccc(CNCc2cc3ccccc3nc2N2CCCCC2)c1. The third-order valence-corrected chi connectivity index (χ3v) is 5.57. The van der Waals surface area contributed by atoms with Crippen LogP contribution in [0.15, 0.2) is 54.6 Å². The first-order valence-electron chi connectivity index (χ1n) is 10.8. The summed E-state index contributed by atoms with van der Waals surface area (Å²) in [5, 5.41) is 4.88. The fourth-order valence-corrected chi connectivity index (χ4v) is 4.20. The molecule has 4 nitrogen and oxygen atoms in total. The number of hydrogen-bond donors (Lipinski definition) is 1. The number of anilines is 1. The van der Waals surface area contributed by atoms with Crippen LogP contribution in [0.3, 0.4) is 0 Å². The highest BCUT2D eigenvalue weighted by atomic mass is 15.2. The van der Waals surface area contributed by atoms with Gasteiger partial charge in [-0.3, -0.25) is 0 Å². The summed E-state index contributed by atoms with van der Waals surface area (Å²) in [6.07, 6.45) is 3.86. The minimum atomic E-state index is 0.835. The van der Waals surface area contributed by atoms with Crippen molar-refractivity contribution in [2.45, 2.75) is 38.9 Å². The van der Waals surface area contributed by atoms with Crippen molar-refractivity contribution >= 4 is 16.7 Å². The van der Waals surface area contributed by atoms with Crippen LogP contribution in [0.25, 0.3) is 10.9 Å². The molecule has 152 valence electrons. The molecule has 0 radical (unpaired) electrons. The van der Waals surface area contributed by atoms with Gasteiger partial charge >= 0.3 is 0 Å². The van der Waals surface area contributed by atoms with Crippen LogP contribution in [0, 0.1) is 0 Å². The van der Waals surface area contributed by atoms with E-state index in [1.165, 1.54) is 41.3 Å². The van der Waals surface area contributed by atoms with Gasteiger partial charge in [0.05, 0.1) is 5.52 Å². The Kier molecular flexibility index (Phi) is 6.43. The molecule has 1 aliphatic rings. The summed E-state index contributed by atoms with van der Waals surface area (Å²) in [6, 6.07) is 19.6. The van der Waals surface area contributed by atoms with E-state index in [9.17, 15) is 0 Å². The maximum absolute atomic E-state index is 5.05. The van der Waals surface area contributed by atoms with Crippen molar-refractivity contribution in [3.05, 3.63) is 71.3 Å². The van der Waals surface area contributed by atoms with Crippen molar-refractivity contribution in [2.75, 3.05) is 32.1 Å². The van der Waals surface area contributed by atoms with Gasteiger partial charge in [-0.2, -0.15) is 0 Å². The van der Waals surface area contributed by atoms with E-state index >= 15 is 0 Å². The molecular formula is C25H32N4. The molecule has 0 aliphatic carbocycles. The number of hydrogen-bond acceptors (Lipinski definition) is 4. The number of benzene rings is 2. The average molecular weight is 389 g/mol. The Morgan fingerprint density at radius 3 is 2.52 bits per heavy atom. The normalized spacial score (nSPS) is 14.7. The summed E-state index contributed by atoms with van der Waals surface area (Å²) in [6.45, 7) is 4.91. The molecule has 1 aromatic heterocycles. The molecule has 0 amide bonds. The standard InChI is InChI=1S/C25H32N4/c1-28(2)19-21-10-8-9-20(15-21)17-26-18-23-16-22-11-4-5-12-24(22)27-25(23)29-13-6-3-7-14-29/h4-5,8-12,15-16,26H,3,6-7,13-14,17-19H2,1-2H3. The molecule has 0 bridgehead atoms. The summed E-state index contributed by atoms with van der Waals surface area (Å²) < 4.78 is 0. The Morgan fingerprint density at radius 1 is 0.897 bits per heavy atom. The van der Waals surface area contributed by atoms with Gasteiger partial charge in [-0.25, -0.2) is 4.98 Å². The maximum Gasteiger partial charge on any atom is 0.133 e. The molecule has 3 aromatic rings. The predicted molar refractivity (Wildman–Crippen MR) is 122 cm³/mol. The van der Waals surface area contributed by atoms with Gasteiger partial charge in [0, 0.05) is 43.7 Å². The Hall–Kier alpha value is -2.43. The number of aromatic nitrogens is 1. The second-order valence-corrected chi connectivity index (χ2v) is 8.37. The van der Waals surface area contributed by atoms with E-state index in [1.54, 1.807) is 0 Å². The highest BCUT2D eigenvalue weighted by Gasteiger charge is 2.17. The van der Waals surface area contributed by atoms with E-state index in [-0.39, 0.29) is 0 Å². The molecule has 0 unspecified atom stereocenters.